The first-order valence-corrected chi connectivity index (χ1v) is 6.74. The van der Waals surface area contributed by atoms with Gasteiger partial charge in [-0.05, 0) is 30.2 Å². The highest BCUT2D eigenvalue weighted by molar-refractivity contribution is 5.76. The maximum Gasteiger partial charge on any atom is 0.223 e. The first kappa shape index (κ1) is 16.3. The predicted octanol–water partition coefficient (Wildman–Crippen LogP) is 1.60. The number of rotatable bonds is 8. The minimum absolute atomic E-state index is 0.127. The Labute approximate surface area is 119 Å². The Bertz CT molecular complexity index is 403. The van der Waals surface area contributed by atoms with Crippen LogP contribution >= 0.6 is 0 Å². The number of carbonyl (C=O) groups excluding carboxylic acids is 1. The van der Waals surface area contributed by atoms with E-state index in [0.717, 1.165) is 5.75 Å². The van der Waals surface area contributed by atoms with Crippen LogP contribution in [0.2, 0.25) is 0 Å². The molecule has 0 heterocycles. The van der Waals surface area contributed by atoms with Crippen molar-refractivity contribution in [1.29, 1.82) is 0 Å². The fraction of sp³-hybridized carbons (Fsp3) is 0.533. The summed E-state index contributed by atoms with van der Waals surface area (Å²) in [7, 11) is 1.60. The van der Waals surface area contributed by atoms with E-state index in [1.54, 1.807) is 31.4 Å². The Morgan fingerprint density at radius 1 is 1.25 bits per heavy atom. The van der Waals surface area contributed by atoms with Crippen LogP contribution in [0.5, 0.6) is 11.5 Å². The quantitative estimate of drug-likeness (QED) is 0.759. The van der Waals surface area contributed by atoms with E-state index in [4.69, 9.17) is 9.47 Å². The minimum Gasteiger partial charge on any atom is -0.497 e. The summed E-state index contributed by atoms with van der Waals surface area (Å²) in [5.74, 6) is 1.46. The molecule has 0 bridgehead atoms. The maximum absolute atomic E-state index is 11.5. The van der Waals surface area contributed by atoms with Gasteiger partial charge in [0.05, 0.1) is 26.2 Å². The molecular formula is C15H23NO4. The van der Waals surface area contributed by atoms with Crippen LogP contribution in [0.4, 0.5) is 0 Å². The SMILES string of the molecule is COc1ccc(OCCC(=O)NCC(O)C(C)C)cc1. The normalized spacial score (nSPS) is 12.1. The molecule has 1 aromatic rings. The van der Waals surface area contributed by atoms with E-state index in [-0.39, 0.29) is 24.8 Å². The molecule has 0 aromatic heterocycles. The van der Waals surface area contributed by atoms with E-state index in [0.29, 0.717) is 12.4 Å². The van der Waals surface area contributed by atoms with Crippen molar-refractivity contribution in [2.75, 3.05) is 20.3 Å². The van der Waals surface area contributed by atoms with Crippen molar-refractivity contribution in [1.82, 2.24) is 5.32 Å². The smallest absolute Gasteiger partial charge is 0.223 e. The maximum atomic E-state index is 11.5. The number of aliphatic hydroxyl groups is 1. The Morgan fingerprint density at radius 2 is 1.85 bits per heavy atom. The van der Waals surface area contributed by atoms with Gasteiger partial charge in [0.25, 0.3) is 0 Å². The summed E-state index contributed by atoms with van der Waals surface area (Å²) in [6, 6.07) is 7.18. The number of amides is 1. The zero-order valence-electron chi connectivity index (χ0n) is 12.3. The average Bonchev–Trinajstić information content (AvgIpc) is 2.45. The Balaban J connectivity index is 2.21. The van der Waals surface area contributed by atoms with Crippen LogP contribution in [0.15, 0.2) is 24.3 Å². The highest BCUT2D eigenvalue weighted by Crippen LogP contribution is 2.16. The number of ether oxygens (including phenoxy) is 2. The van der Waals surface area contributed by atoms with Crippen LogP contribution in [0.25, 0.3) is 0 Å². The molecule has 5 nitrogen and oxygen atoms in total. The highest BCUT2D eigenvalue weighted by Gasteiger charge is 2.10. The Hall–Kier alpha value is -1.75. The van der Waals surface area contributed by atoms with E-state index in [2.05, 4.69) is 5.32 Å². The van der Waals surface area contributed by atoms with Gasteiger partial charge >= 0.3 is 0 Å². The van der Waals surface area contributed by atoms with Gasteiger partial charge in [0.1, 0.15) is 11.5 Å². The highest BCUT2D eigenvalue weighted by atomic mass is 16.5. The molecular weight excluding hydrogens is 258 g/mol. The first-order chi connectivity index (χ1) is 9.52. The van der Waals surface area contributed by atoms with Crippen molar-refractivity contribution >= 4 is 5.91 Å². The van der Waals surface area contributed by atoms with E-state index in [9.17, 15) is 9.90 Å². The van der Waals surface area contributed by atoms with E-state index >= 15 is 0 Å². The molecule has 20 heavy (non-hydrogen) atoms. The Kier molecular flexibility index (Phi) is 6.87. The molecule has 0 aliphatic rings. The number of nitrogens with one attached hydrogen (secondary N) is 1. The second kappa shape index (κ2) is 8.43. The number of methoxy groups -OCH3 is 1. The van der Waals surface area contributed by atoms with Crippen molar-refractivity contribution in [3.63, 3.8) is 0 Å². The third kappa shape index (κ3) is 5.93. The molecule has 112 valence electrons. The summed E-state index contributed by atoms with van der Waals surface area (Å²) >= 11 is 0. The molecule has 0 saturated heterocycles. The van der Waals surface area contributed by atoms with Crippen LogP contribution in [0, 0.1) is 5.92 Å². The first-order valence-electron chi connectivity index (χ1n) is 6.74. The largest absolute Gasteiger partial charge is 0.497 e. The van der Waals surface area contributed by atoms with Crippen molar-refractivity contribution < 1.29 is 19.4 Å². The van der Waals surface area contributed by atoms with Crippen molar-refractivity contribution in [3.8, 4) is 11.5 Å². The zero-order chi connectivity index (χ0) is 15.0. The van der Waals surface area contributed by atoms with Crippen LogP contribution in [-0.4, -0.2) is 37.4 Å². The lowest BCUT2D eigenvalue weighted by Crippen LogP contribution is -2.35. The molecule has 0 saturated carbocycles. The number of hydrogen-bond donors (Lipinski definition) is 2. The molecule has 0 fully saturated rings. The topological polar surface area (TPSA) is 67.8 Å². The molecule has 0 spiro atoms. The van der Waals surface area contributed by atoms with Gasteiger partial charge in [0, 0.05) is 6.54 Å². The summed E-state index contributed by atoms with van der Waals surface area (Å²) in [5, 5.41) is 12.2. The molecule has 0 aliphatic carbocycles. The van der Waals surface area contributed by atoms with E-state index in [1.807, 2.05) is 13.8 Å². The number of aliphatic hydroxyl groups excluding tert-OH is 1. The monoisotopic (exact) mass is 281 g/mol. The second-order valence-corrected chi connectivity index (χ2v) is 4.89. The van der Waals surface area contributed by atoms with Gasteiger partial charge in [-0.25, -0.2) is 0 Å². The van der Waals surface area contributed by atoms with Crippen molar-refractivity contribution in [2.24, 2.45) is 5.92 Å². The number of hydrogen-bond acceptors (Lipinski definition) is 4. The molecule has 1 aromatic carbocycles. The molecule has 1 rings (SSSR count). The zero-order valence-corrected chi connectivity index (χ0v) is 12.3. The summed E-state index contributed by atoms with van der Waals surface area (Å²) in [5.41, 5.74) is 0. The van der Waals surface area contributed by atoms with Crippen molar-refractivity contribution in [2.45, 2.75) is 26.4 Å². The van der Waals surface area contributed by atoms with E-state index < -0.39 is 6.10 Å². The van der Waals surface area contributed by atoms with Gasteiger partial charge in [0.2, 0.25) is 5.91 Å². The fourth-order valence-electron chi connectivity index (χ4n) is 1.48. The standard InChI is InChI=1S/C15H23NO4/c1-11(2)14(17)10-16-15(18)8-9-20-13-6-4-12(19-3)5-7-13/h4-7,11,14,17H,8-10H2,1-3H3,(H,16,18). The van der Waals surface area contributed by atoms with Gasteiger partial charge in [-0.15, -0.1) is 0 Å². The number of carbonyl (C=O) groups is 1. The van der Waals surface area contributed by atoms with Crippen LogP contribution in [0.1, 0.15) is 20.3 Å². The predicted molar refractivity (Wildman–Crippen MR) is 77.0 cm³/mol. The minimum atomic E-state index is -0.513. The van der Waals surface area contributed by atoms with Gasteiger partial charge in [-0.1, -0.05) is 13.8 Å². The molecule has 1 unspecified atom stereocenters. The molecule has 1 atom stereocenters. The molecule has 0 aliphatic heterocycles. The number of benzene rings is 1. The fourth-order valence-corrected chi connectivity index (χ4v) is 1.48. The summed E-state index contributed by atoms with van der Waals surface area (Å²) in [6.45, 7) is 4.39. The average molecular weight is 281 g/mol. The third-order valence-electron chi connectivity index (χ3n) is 2.94. The summed E-state index contributed by atoms with van der Waals surface area (Å²) in [6.07, 6.45) is -0.252. The molecule has 0 radical (unpaired) electrons. The molecule has 1 amide bonds. The van der Waals surface area contributed by atoms with Gasteiger partial charge in [-0.3, -0.25) is 4.79 Å². The van der Waals surface area contributed by atoms with Gasteiger partial charge < -0.3 is 19.9 Å². The third-order valence-corrected chi connectivity index (χ3v) is 2.94. The molecule has 5 heteroatoms. The summed E-state index contributed by atoms with van der Waals surface area (Å²) < 4.78 is 10.5. The lowest BCUT2D eigenvalue weighted by molar-refractivity contribution is -0.122. The van der Waals surface area contributed by atoms with E-state index in [1.165, 1.54) is 0 Å². The lowest BCUT2D eigenvalue weighted by atomic mass is 10.1. The van der Waals surface area contributed by atoms with Crippen LogP contribution < -0.4 is 14.8 Å². The van der Waals surface area contributed by atoms with Gasteiger partial charge in [-0.2, -0.15) is 0 Å². The van der Waals surface area contributed by atoms with Crippen molar-refractivity contribution in [3.05, 3.63) is 24.3 Å². The second-order valence-electron chi connectivity index (χ2n) is 4.89. The van der Waals surface area contributed by atoms with Gasteiger partial charge in [0.15, 0.2) is 0 Å². The van der Waals surface area contributed by atoms with Crippen LogP contribution in [0.3, 0.4) is 0 Å². The summed E-state index contributed by atoms with van der Waals surface area (Å²) in [4.78, 5) is 11.5. The Morgan fingerprint density at radius 3 is 2.40 bits per heavy atom. The molecule has 2 N–H and O–H groups in total. The van der Waals surface area contributed by atoms with Crippen LogP contribution in [-0.2, 0) is 4.79 Å². The lowest BCUT2D eigenvalue weighted by Gasteiger charge is -2.15.